The summed E-state index contributed by atoms with van der Waals surface area (Å²) in [5, 5.41) is 21.1. The summed E-state index contributed by atoms with van der Waals surface area (Å²) in [5.74, 6) is 4.54. The Balaban J connectivity index is 0.840. The predicted molar refractivity (Wildman–Crippen MR) is 199 cm³/mol. The first-order valence-corrected chi connectivity index (χ1v) is 19.8. The van der Waals surface area contributed by atoms with Crippen molar-refractivity contribution < 1.29 is 0 Å². The van der Waals surface area contributed by atoms with Crippen LogP contribution in [0.3, 0.4) is 0 Å². The van der Waals surface area contributed by atoms with Crippen LogP contribution in [0, 0.1) is 34.0 Å². The number of unbranched alkanes of at least 4 members (excludes halogenated alkanes) is 3. The minimum absolute atomic E-state index is 0.453. The van der Waals surface area contributed by atoms with Crippen molar-refractivity contribution in [2.45, 2.75) is 122 Å². The van der Waals surface area contributed by atoms with E-state index in [0.717, 1.165) is 75.7 Å². The third-order valence-corrected chi connectivity index (χ3v) is 13.0. The molecule has 8 rings (SSSR count). The molecule has 0 spiro atoms. The van der Waals surface area contributed by atoms with Gasteiger partial charge in [0.05, 0.1) is 0 Å². The maximum absolute atomic E-state index is 9.13. The van der Waals surface area contributed by atoms with Crippen LogP contribution >= 0.6 is 0 Å². The Morgan fingerprint density at radius 2 is 1.38 bits per heavy atom. The Kier molecular flexibility index (Phi) is 10.6. The molecule has 6 heteroatoms. The standard InChI is InChI=1S/C42H62N6/c1-2-3-13-39-31-46(41(44)48(39)23-19-32-15-17-37(18-16-32)36-11-5-4-6-12-36)21-9-7-14-38-30-45-40(43)47(38)22-10-8-20-42-27-33-24-34(28-42)26-35(25-33)29-42/h4-6,11-12,15-18,33-35,38-39,44H,2-3,7-10,13-14,19-31H2,1H3,(H2,43,45)/t33?,34?,35?,38-,39-,42?/m0/s1. The van der Waals surface area contributed by atoms with Gasteiger partial charge in [0, 0.05) is 44.8 Å². The molecule has 2 heterocycles. The van der Waals surface area contributed by atoms with Crippen LogP contribution in [0.5, 0.6) is 0 Å². The van der Waals surface area contributed by atoms with Gasteiger partial charge < -0.3 is 20.0 Å². The van der Waals surface area contributed by atoms with Gasteiger partial charge in [-0.05, 0) is 123 Å². The Hall–Kier alpha value is -3.02. The summed E-state index contributed by atoms with van der Waals surface area (Å²) in [4.78, 5) is 7.14. The quantitative estimate of drug-likeness (QED) is 0.150. The van der Waals surface area contributed by atoms with Gasteiger partial charge in [0.25, 0.3) is 0 Å². The molecule has 6 nitrogen and oxygen atoms in total. The van der Waals surface area contributed by atoms with Crippen molar-refractivity contribution in [3.8, 4) is 11.1 Å². The summed E-state index contributed by atoms with van der Waals surface area (Å²) in [6.07, 6.45) is 21.2. The van der Waals surface area contributed by atoms with Crippen LogP contribution in [0.4, 0.5) is 0 Å². The third-order valence-electron chi connectivity index (χ3n) is 13.0. The molecule has 0 radical (unpaired) electrons. The van der Waals surface area contributed by atoms with Gasteiger partial charge in [0.15, 0.2) is 11.9 Å². The molecule has 0 aromatic heterocycles. The van der Waals surface area contributed by atoms with Crippen LogP contribution in [-0.2, 0) is 6.42 Å². The number of guanidine groups is 2. The number of hydrogen-bond acceptors (Lipinski definition) is 2. The summed E-state index contributed by atoms with van der Waals surface area (Å²) < 4.78 is 0. The van der Waals surface area contributed by atoms with E-state index < -0.39 is 0 Å². The van der Waals surface area contributed by atoms with Crippen molar-refractivity contribution in [1.82, 2.24) is 20.0 Å². The third kappa shape index (κ3) is 7.73. The largest absolute Gasteiger partial charge is 0.354 e. The van der Waals surface area contributed by atoms with Gasteiger partial charge in [-0.1, -0.05) is 80.8 Å². The zero-order valence-electron chi connectivity index (χ0n) is 29.8. The Morgan fingerprint density at radius 1 is 0.708 bits per heavy atom. The minimum Gasteiger partial charge on any atom is -0.354 e. The highest BCUT2D eigenvalue weighted by atomic mass is 15.4. The van der Waals surface area contributed by atoms with Crippen molar-refractivity contribution >= 4 is 11.9 Å². The van der Waals surface area contributed by atoms with E-state index in [-0.39, 0.29) is 0 Å². The fraction of sp³-hybridized carbons (Fsp3) is 0.667. The van der Waals surface area contributed by atoms with Gasteiger partial charge >= 0.3 is 0 Å². The van der Waals surface area contributed by atoms with E-state index in [4.69, 9.17) is 10.8 Å². The first kappa shape index (κ1) is 33.5. The van der Waals surface area contributed by atoms with E-state index in [0.29, 0.717) is 23.5 Å². The molecule has 4 saturated carbocycles. The monoisotopic (exact) mass is 651 g/mol. The van der Waals surface area contributed by atoms with E-state index in [1.54, 1.807) is 0 Å². The van der Waals surface area contributed by atoms with Gasteiger partial charge in [-0.2, -0.15) is 0 Å². The van der Waals surface area contributed by atoms with E-state index in [1.165, 1.54) is 100 Å². The zero-order chi connectivity index (χ0) is 32.9. The first-order chi connectivity index (χ1) is 23.5. The number of benzene rings is 2. The van der Waals surface area contributed by atoms with Crippen molar-refractivity contribution in [1.29, 1.82) is 10.8 Å². The maximum atomic E-state index is 9.13. The van der Waals surface area contributed by atoms with Crippen LogP contribution in [0.1, 0.15) is 109 Å². The molecule has 2 aromatic carbocycles. The lowest BCUT2D eigenvalue weighted by Gasteiger charge is -2.57. The summed E-state index contributed by atoms with van der Waals surface area (Å²) in [7, 11) is 0. The molecular weight excluding hydrogens is 589 g/mol. The normalized spacial score (nSPS) is 29.4. The lowest BCUT2D eigenvalue weighted by Crippen LogP contribution is -2.46. The van der Waals surface area contributed by atoms with Crippen molar-refractivity contribution in [3.63, 3.8) is 0 Å². The Bertz CT molecular complexity index is 1320. The van der Waals surface area contributed by atoms with Crippen molar-refractivity contribution in [2.24, 2.45) is 23.2 Å². The van der Waals surface area contributed by atoms with Crippen LogP contribution in [0.2, 0.25) is 0 Å². The number of hydrogen-bond donors (Lipinski definition) is 3. The summed E-state index contributed by atoms with van der Waals surface area (Å²) >= 11 is 0. The number of rotatable bonds is 17. The van der Waals surface area contributed by atoms with E-state index >= 15 is 0 Å². The van der Waals surface area contributed by atoms with E-state index in [9.17, 15) is 0 Å². The van der Waals surface area contributed by atoms with Gasteiger partial charge in [0.1, 0.15) is 0 Å². The van der Waals surface area contributed by atoms with Crippen molar-refractivity contribution in [2.75, 3.05) is 32.7 Å². The molecule has 4 aliphatic carbocycles. The predicted octanol–water partition coefficient (Wildman–Crippen LogP) is 8.77. The molecule has 260 valence electrons. The molecule has 4 bridgehead atoms. The van der Waals surface area contributed by atoms with Gasteiger partial charge in [-0.15, -0.1) is 0 Å². The highest BCUT2D eigenvalue weighted by Crippen LogP contribution is 2.61. The topological polar surface area (TPSA) is 69.5 Å². The lowest BCUT2D eigenvalue weighted by atomic mass is 9.48. The molecule has 0 amide bonds. The van der Waals surface area contributed by atoms with Crippen molar-refractivity contribution in [3.05, 3.63) is 60.2 Å². The maximum Gasteiger partial charge on any atom is 0.194 e. The molecule has 6 fully saturated rings. The zero-order valence-corrected chi connectivity index (χ0v) is 29.8. The molecule has 6 aliphatic rings. The van der Waals surface area contributed by atoms with Gasteiger partial charge in [0.2, 0.25) is 0 Å². The average molecular weight is 651 g/mol. The van der Waals surface area contributed by atoms with Crippen LogP contribution in [-0.4, -0.2) is 71.4 Å². The molecule has 2 aromatic rings. The smallest absolute Gasteiger partial charge is 0.194 e. The second-order valence-electron chi connectivity index (χ2n) is 16.5. The number of nitrogens with one attached hydrogen (secondary N) is 3. The molecule has 3 N–H and O–H groups in total. The van der Waals surface area contributed by atoms with Gasteiger partial charge in [-0.25, -0.2) is 0 Å². The molecule has 48 heavy (non-hydrogen) atoms. The molecule has 2 aliphatic heterocycles. The summed E-state index contributed by atoms with van der Waals surface area (Å²) in [6, 6.07) is 20.5. The average Bonchev–Trinajstić information content (AvgIpc) is 3.60. The number of nitrogens with zero attached hydrogens (tertiary/aromatic N) is 3. The second-order valence-corrected chi connectivity index (χ2v) is 16.5. The Labute approximate surface area is 291 Å². The first-order valence-electron chi connectivity index (χ1n) is 19.8. The fourth-order valence-corrected chi connectivity index (χ4v) is 10.9. The highest BCUT2D eigenvalue weighted by Gasteiger charge is 2.50. The highest BCUT2D eigenvalue weighted by molar-refractivity contribution is 5.80. The van der Waals surface area contributed by atoms with Gasteiger partial charge in [-0.3, -0.25) is 10.8 Å². The van der Waals surface area contributed by atoms with E-state index in [1.807, 2.05) is 0 Å². The fourth-order valence-electron chi connectivity index (χ4n) is 10.9. The molecule has 0 unspecified atom stereocenters. The van der Waals surface area contributed by atoms with Crippen LogP contribution in [0.15, 0.2) is 54.6 Å². The molecular formula is C42H62N6. The second kappa shape index (κ2) is 15.3. The lowest BCUT2D eigenvalue weighted by molar-refractivity contribution is -0.0584. The summed E-state index contributed by atoms with van der Waals surface area (Å²) in [5.41, 5.74) is 4.57. The molecule has 2 atom stereocenters. The van der Waals surface area contributed by atoms with E-state index in [2.05, 4.69) is 81.5 Å². The molecule has 2 saturated heterocycles. The van der Waals surface area contributed by atoms with Crippen LogP contribution < -0.4 is 5.32 Å². The SMILES string of the molecule is CCCC[C@H]1CN(CCCC[C@H]2CNC(=N)N2CCCCC23CC4CC(CC(C4)C2)C3)C(=N)N1CCc1ccc(-c2ccccc2)cc1. The van der Waals surface area contributed by atoms with Crippen LogP contribution in [0.25, 0.3) is 11.1 Å². The Morgan fingerprint density at radius 3 is 2.08 bits per heavy atom. The summed E-state index contributed by atoms with van der Waals surface area (Å²) in [6.45, 7) is 7.14. The minimum atomic E-state index is 0.453.